The summed E-state index contributed by atoms with van der Waals surface area (Å²) in [6.07, 6.45) is 2.47. The van der Waals surface area contributed by atoms with Crippen LogP contribution in [0.25, 0.3) is 0 Å². The third-order valence-electron chi connectivity index (χ3n) is 4.44. The van der Waals surface area contributed by atoms with E-state index < -0.39 is 0 Å². The van der Waals surface area contributed by atoms with E-state index in [9.17, 15) is 4.79 Å². The van der Waals surface area contributed by atoms with E-state index in [0.29, 0.717) is 18.8 Å². The topological polar surface area (TPSA) is 74.0 Å². The number of aliphatic imine (C=N–C) groups is 1. The molecule has 0 aliphatic carbocycles. The molecule has 1 N–H and O–H groups in total. The number of carbonyl (C=O) groups is 1. The summed E-state index contributed by atoms with van der Waals surface area (Å²) in [6.45, 7) is 7.75. The molecule has 7 nitrogen and oxygen atoms in total. The van der Waals surface area contributed by atoms with Crippen LogP contribution in [0.15, 0.2) is 27.8 Å². The predicted molar refractivity (Wildman–Crippen MR) is 118 cm³/mol. The first kappa shape index (κ1) is 21.7. The monoisotopic (exact) mass is 503 g/mol. The zero-order valence-electron chi connectivity index (χ0n) is 15.9. The van der Waals surface area contributed by atoms with Crippen LogP contribution in [0.5, 0.6) is 0 Å². The maximum absolute atomic E-state index is 12.3. The van der Waals surface area contributed by atoms with Crippen molar-refractivity contribution in [2.45, 2.75) is 20.3 Å². The van der Waals surface area contributed by atoms with Crippen LogP contribution in [0.3, 0.4) is 0 Å². The molecular formula is C18H26IN5O2S. The largest absolute Gasteiger partial charge is 0.459 e. The van der Waals surface area contributed by atoms with Crippen molar-refractivity contribution in [2.75, 3.05) is 39.8 Å². The summed E-state index contributed by atoms with van der Waals surface area (Å²) in [5, 5.41) is 4.54. The van der Waals surface area contributed by atoms with E-state index in [1.165, 1.54) is 11.1 Å². The highest BCUT2D eigenvalue weighted by molar-refractivity contribution is 14.0. The van der Waals surface area contributed by atoms with E-state index in [1.807, 2.05) is 11.8 Å². The Morgan fingerprint density at radius 3 is 2.56 bits per heavy atom. The van der Waals surface area contributed by atoms with Crippen molar-refractivity contribution in [3.8, 4) is 0 Å². The Hall–Kier alpha value is -1.62. The van der Waals surface area contributed by atoms with Crippen molar-refractivity contribution in [3.63, 3.8) is 0 Å². The minimum absolute atomic E-state index is 0. The van der Waals surface area contributed by atoms with Gasteiger partial charge in [0.05, 0.1) is 17.0 Å². The van der Waals surface area contributed by atoms with Gasteiger partial charge in [0.25, 0.3) is 5.91 Å². The molecule has 3 rings (SSSR count). The van der Waals surface area contributed by atoms with E-state index in [2.05, 4.69) is 27.1 Å². The number of guanidine groups is 1. The van der Waals surface area contributed by atoms with Crippen molar-refractivity contribution in [3.05, 3.63) is 39.7 Å². The Morgan fingerprint density at radius 2 is 2.00 bits per heavy atom. The molecule has 1 fully saturated rings. The lowest BCUT2D eigenvalue weighted by atomic mass is 10.3. The van der Waals surface area contributed by atoms with Gasteiger partial charge in [0.2, 0.25) is 0 Å². The molecule has 2 aromatic heterocycles. The van der Waals surface area contributed by atoms with E-state index in [-0.39, 0.29) is 29.9 Å². The minimum Gasteiger partial charge on any atom is -0.459 e. The van der Waals surface area contributed by atoms with Crippen LogP contribution in [0.1, 0.15) is 26.1 Å². The van der Waals surface area contributed by atoms with E-state index in [1.54, 1.807) is 30.5 Å². The van der Waals surface area contributed by atoms with Crippen molar-refractivity contribution in [2.24, 2.45) is 4.99 Å². The normalized spacial score (nSPS) is 14.9. The van der Waals surface area contributed by atoms with Gasteiger partial charge >= 0.3 is 0 Å². The summed E-state index contributed by atoms with van der Waals surface area (Å²) >= 11 is 1.75. The van der Waals surface area contributed by atoms with Gasteiger partial charge in [-0.2, -0.15) is 0 Å². The fourth-order valence-electron chi connectivity index (χ4n) is 3.10. The van der Waals surface area contributed by atoms with Crippen LogP contribution in [-0.2, 0) is 6.42 Å². The molecule has 0 radical (unpaired) electrons. The first-order valence-corrected chi connectivity index (χ1v) is 9.61. The average molecular weight is 503 g/mol. The Bertz CT molecular complexity index is 767. The number of hydrogen-bond donors (Lipinski definition) is 1. The van der Waals surface area contributed by atoms with Crippen LogP contribution in [0.2, 0.25) is 0 Å². The first-order chi connectivity index (χ1) is 12.6. The lowest BCUT2D eigenvalue weighted by Crippen LogP contribution is -2.53. The SMILES string of the molecule is CN=C(NCCc1sc(C)nc1C)N1CCN(C(=O)c2ccco2)CC1.I. The zero-order chi connectivity index (χ0) is 18.5. The number of nitrogens with one attached hydrogen (secondary N) is 1. The summed E-state index contributed by atoms with van der Waals surface area (Å²) in [7, 11) is 1.80. The van der Waals surface area contributed by atoms with Crippen LogP contribution in [-0.4, -0.2) is 66.4 Å². The van der Waals surface area contributed by atoms with Gasteiger partial charge in [-0.3, -0.25) is 9.79 Å². The molecule has 0 bridgehead atoms. The molecule has 0 aromatic carbocycles. The highest BCUT2D eigenvalue weighted by atomic mass is 127. The fourth-order valence-corrected chi connectivity index (χ4v) is 4.04. The molecule has 0 spiro atoms. The van der Waals surface area contributed by atoms with Gasteiger partial charge in [-0.1, -0.05) is 0 Å². The maximum atomic E-state index is 12.3. The Labute approximate surface area is 180 Å². The zero-order valence-corrected chi connectivity index (χ0v) is 19.0. The molecule has 1 aliphatic rings. The summed E-state index contributed by atoms with van der Waals surface area (Å²) in [6, 6.07) is 3.44. The molecule has 3 heterocycles. The summed E-state index contributed by atoms with van der Waals surface area (Å²) < 4.78 is 5.21. The molecule has 9 heteroatoms. The molecule has 1 aliphatic heterocycles. The Balaban J connectivity index is 0.00000261. The quantitative estimate of drug-likeness (QED) is 0.395. The number of hydrogen-bond acceptors (Lipinski definition) is 5. The van der Waals surface area contributed by atoms with E-state index in [0.717, 1.165) is 42.7 Å². The van der Waals surface area contributed by atoms with Gasteiger partial charge in [0.15, 0.2) is 11.7 Å². The highest BCUT2D eigenvalue weighted by Gasteiger charge is 2.25. The van der Waals surface area contributed by atoms with Gasteiger partial charge in [0.1, 0.15) is 0 Å². The molecule has 1 saturated heterocycles. The lowest BCUT2D eigenvalue weighted by molar-refractivity contribution is 0.0658. The minimum atomic E-state index is -0.0476. The number of piperazine rings is 1. The van der Waals surface area contributed by atoms with E-state index >= 15 is 0 Å². The van der Waals surface area contributed by atoms with Gasteiger partial charge in [-0.05, 0) is 26.0 Å². The Kier molecular flexibility index (Phi) is 8.08. The molecule has 27 heavy (non-hydrogen) atoms. The smallest absolute Gasteiger partial charge is 0.289 e. The van der Waals surface area contributed by atoms with Crippen LogP contribution < -0.4 is 5.32 Å². The fraction of sp³-hybridized carbons (Fsp3) is 0.500. The molecule has 0 atom stereocenters. The van der Waals surface area contributed by atoms with Crippen LogP contribution in [0, 0.1) is 13.8 Å². The number of furan rings is 1. The van der Waals surface area contributed by atoms with Crippen molar-refractivity contribution in [1.82, 2.24) is 20.1 Å². The standard InChI is InChI=1S/C18H25N5O2S.HI/c1-13-16(26-14(2)21-13)6-7-20-18(19-3)23-10-8-22(9-11-23)17(24)15-5-4-12-25-15;/h4-5,12H,6-11H2,1-3H3,(H,19,20);1H. The second kappa shape index (κ2) is 10.1. The number of amides is 1. The first-order valence-electron chi connectivity index (χ1n) is 8.79. The molecule has 148 valence electrons. The predicted octanol–water partition coefficient (Wildman–Crippen LogP) is 2.55. The van der Waals surface area contributed by atoms with E-state index in [4.69, 9.17) is 4.42 Å². The van der Waals surface area contributed by atoms with Gasteiger partial charge in [-0.25, -0.2) is 4.98 Å². The molecule has 0 saturated carbocycles. The summed E-state index contributed by atoms with van der Waals surface area (Å²) in [5.74, 6) is 1.24. The maximum Gasteiger partial charge on any atom is 0.289 e. The summed E-state index contributed by atoms with van der Waals surface area (Å²) in [5.41, 5.74) is 1.12. The number of halogens is 1. The van der Waals surface area contributed by atoms with Crippen LogP contribution in [0.4, 0.5) is 0 Å². The number of thiazole rings is 1. The number of aryl methyl sites for hydroxylation is 2. The Morgan fingerprint density at radius 1 is 1.30 bits per heavy atom. The second-order valence-electron chi connectivity index (χ2n) is 6.22. The number of carbonyl (C=O) groups excluding carboxylic acids is 1. The molecule has 2 aromatic rings. The lowest BCUT2D eigenvalue weighted by Gasteiger charge is -2.36. The second-order valence-corrected chi connectivity index (χ2v) is 7.51. The van der Waals surface area contributed by atoms with Gasteiger partial charge < -0.3 is 19.5 Å². The van der Waals surface area contributed by atoms with Crippen molar-refractivity contribution >= 4 is 47.2 Å². The van der Waals surface area contributed by atoms with Gasteiger partial charge in [-0.15, -0.1) is 35.3 Å². The van der Waals surface area contributed by atoms with Crippen molar-refractivity contribution in [1.29, 1.82) is 0 Å². The molecule has 1 amide bonds. The molecule has 0 unspecified atom stereocenters. The summed E-state index contributed by atoms with van der Waals surface area (Å²) in [4.78, 5) is 26.5. The highest BCUT2D eigenvalue weighted by Crippen LogP contribution is 2.17. The number of nitrogens with zero attached hydrogens (tertiary/aromatic N) is 4. The third kappa shape index (κ3) is 5.44. The number of rotatable bonds is 4. The average Bonchev–Trinajstić information content (AvgIpc) is 3.28. The van der Waals surface area contributed by atoms with Crippen LogP contribution >= 0.6 is 35.3 Å². The third-order valence-corrected chi connectivity index (χ3v) is 5.58. The number of aromatic nitrogens is 1. The molecular weight excluding hydrogens is 477 g/mol. The van der Waals surface area contributed by atoms with Gasteiger partial charge in [0, 0.05) is 51.1 Å². The van der Waals surface area contributed by atoms with Crippen molar-refractivity contribution < 1.29 is 9.21 Å².